The zero-order valence-corrected chi connectivity index (χ0v) is 10.0. The summed E-state index contributed by atoms with van der Waals surface area (Å²) in [5.41, 5.74) is 4.88. The lowest BCUT2D eigenvalue weighted by Crippen LogP contribution is -2.16. The molecule has 0 radical (unpaired) electrons. The molecule has 0 saturated carbocycles. The van der Waals surface area contributed by atoms with Crippen LogP contribution in [0, 0.1) is 5.41 Å². The van der Waals surface area contributed by atoms with Crippen molar-refractivity contribution in [2.45, 2.75) is 40.0 Å². The fourth-order valence-corrected chi connectivity index (χ4v) is 2.38. The van der Waals surface area contributed by atoms with Gasteiger partial charge in [0.15, 0.2) is 0 Å². The average Bonchev–Trinajstić information content (AvgIpc) is 2.89. The highest BCUT2D eigenvalue weighted by molar-refractivity contribution is 5.42. The highest BCUT2D eigenvalue weighted by atomic mass is 14.3. The van der Waals surface area contributed by atoms with Crippen LogP contribution in [0.1, 0.15) is 40.0 Å². The number of hydrogen-bond donors (Lipinski definition) is 0. The zero-order chi connectivity index (χ0) is 10.9. The molecule has 0 heteroatoms. The summed E-state index contributed by atoms with van der Waals surface area (Å²) in [5.74, 6) is 0. The molecule has 0 nitrogen and oxygen atoms in total. The molecule has 0 spiro atoms. The van der Waals surface area contributed by atoms with Gasteiger partial charge in [-0.3, -0.25) is 0 Å². The Morgan fingerprint density at radius 2 is 2.00 bits per heavy atom. The predicted octanol–water partition coefficient (Wildman–Crippen LogP) is 4.57. The Labute approximate surface area is 93.1 Å². The predicted molar refractivity (Wildman–Crippen MR) is 66.7 cm³/mol. The van der Waals surface area contributed by atoms with Gasteiger partial charge in [0, 0.05) is 5.41 Å². The number of rotatable bonds is 3. The smallest absolute Gasteiger partial charge is 0.00765 e. The lowest BCUT2D eigenvalue weighted by atomic mass is 9.76. The van der Waals surface area contributed by atoms with Crippen LogP contribution in [0.3, 0.4) is 0 Å². The van der Waals surface area contributed by atoms with E-state index in [2.05, 4.69) is 51.2 Å². The molecule has 0 atom stereocenters. The van der Waals surface area contributed by atoms with Gasteiger partial charge in [-0.15, -0.1) is 0 Å². The standard InChI is InChI=1S/C15H20/c1-4-12-9-10-14(11-12)15(2,3)13-7-5-6-8-13/h5-7,9,11H,4,8,10H2,1-3H3. The molecule has 0 unspecified atom stereocenters. The summed E-state index contributed by atoms with van der Waals surface area (Å²) in [6.45, 7) is 6.93. The van der Waals surface area contributed by atoms with Gasteiger partial charge in [0.2, 0.25) is 0 Å². The summed E-state index contributed by atoms with van der Waals surface area (Å²) in [6, 6.07) is 0. The van der Waals surface area contributed by atoms with Crippen LogP contribution >= 0.6 is 0 Å². The molecule has 0 aliphatic heterocycles. The van der Waals surface area contributed by atoms with Gasteiger partial charge in [-0.25, -0.2) is 0 Å². The van der Waals surface area contributed by atoms with Crippen molar-refractivity contribution in [3.05, 3.63) is 47.1 Å². The van der Waals surface area contributed by atoms with Crippen LogP contribution in [-0.4, -0.2) is 0 Å². The molecular formula is C15H20. The van der Waals surface area contributed by atoms with Crippen LogP contribution in [0.2, 0.25) is 0 Å². The summed E-state index contributed by atoms with van der Waals surface area (Å²) in [5, 5.41) is 0. The van der Waals surface area contributed by atoms with E-state index >= 15 is 0 Å². The highest BCUT2D eigenvalue weighted by Gasteiger charge is 2.28. The molecule has 0 amide bonds. The van der Waals surface area contributed by atoms with E-state index < -0.39 is 0 Å². The van der Waals surface area contributed by atoms with E-state index in [0.29, 0.717) is 0 Å². The minimum atomic E-state index is 0.247. The van der Waals surface area contributed by atoms with E-state index in [1.165, 1.54) is 5.57 Å². The van der Waals surface area contributed by atoms with Crippen LogP contribution in [0.4, 0.5) is 0 Å². The van der Waals surface area contributed by atoms with Crippen LogP contribution in [0.15, 0.2) is 47.1 Å². The Bertz CT molecular complexity index is 373. The topological polar surface area (TPSA) is 0 Å². The van der Waals surface area contributed by atoms with Gasteiger partial charge in [0.05, 0.1) is 0 Å². The fourth-order valence-electron chi connectivity index (χ4n) is 2.38. The molecule has 2 aliphatic carbocycles. The first-order valence-corrected chi connectivity index (χ1v) is 5.91. The van der Waals surface area contributed by atoms with Crippen LogP contribution in [0.5, 0.6) is 0 Å². The Kier molecular flexibility index (Phi) is 2.68. The van der Waals surface area contributed by atoms with Crippen LogP contribution in [-0.2, 0) is 0 Å². The maximum atomic E-state index is 2.40. The zero-order valence-electron chi connectivity index (χ0n) is 10.0. The van der Waals surface area contributed by atoms with Crippen molar-refractivity contribution in [1.82, 2.24) is 0 Å². The van der Waals surface area contributed by atoms with Crippen molar-refractivity contribution in [2.24, 2.45) is 5.41 Å². The summed E-state index contributed by atoms with van der Waals surface area (Å²) in [7, 11) is 0. The van der Waals surface area contributed by atoms with Crippen molar-refractivity contribution >= 4 is 0 Å². The molecule has 0 aromatic rings. The maximum absolute atomic E-state index is 2.40. The largest absolute Gasteiger partial charge is 0.0804 e. The number of allylic oxidation sites excluding steroid dienone is 8. The molecule has 15 heavy (non-hydrogen) atoms. The van der Waals surface area contributed by atoms with Crippen LogP contribution in [0.25, 0.3) is 0 Å². The Morgan fingerprint density at radius 3 is 2.53 bits per heavy atom. The van der Waals surface area contributed by atoms with E-state index in [9.17, 15) is 0 Å². The third-order valence-electron chi connectivity index (χ3n) is 3.73. The summed E-state index contributed by atoms with van der Waals surface area (Å²) >= 11 is 0. The van der Waals surface area contributed by atoms with Crippen molar-refractivity contribution in [2.75, 3.05) is 0 Å². The second-order valence-electron chi connectivity index (χ2n) is 4.96. The fraction of sp³-hybridized carbons (Fsp3) is 0.467. The molecule has 0 fully saturated rings. The summed E-state index contributed by atoms with van der Waals surface area (Å²) in [6.07, 6.45) is 14.9. The third-order valence-corrected chi connectivity index (χ3v) is 3.73. The van der Waals surface area contributed by atoms with Crippen molar-refractivity contribution < 1.29 is 0 Å². The lowest BCUT2D eigenvalue weighted by Gasteiger charge is -2.28. The summed E-state index contributed by atoms with van der Waals surface area (Å²) < 4.78 is 0. The van der Waals surface area contributed by atoms with E-state index in [1.807, 2.05) is 0 Å². The lowest BCUT2D eigenvalue weighted by molar-refractivity contribution is 0.522. The van der Waals surface area contributed by atoms with E-state index in [-0.39, 0.29) is 5.41 Å². The highest BCUT2D eigenvalue weighted by Crippen LogP contribution is 2.43. The molecule has 0 aromatic carbocycles. The minimum absolute atomic E-state index is 0.247. The van der Waals surface area contributed by atoms with E-state index in [1.54, 1.807) is 11.1 Å². The molecule has 0 aromatic heterocycles. The van der Waals surface area contributed by atoms with Crippen molar-refractivity contribution in [3.63, 3.8) is 0 Å². The Hall–Kier alpha value is -1.04. The van der Waals surface area contributed by atoms with Gasteiger partial charge in [-0.05, 0) is 19.3 Å². The summed E-state index contributed by atoms with van der Waals surface area (Å²) in [4.78, 5) is 0. The molecule has 80 valence electrons. The van der Waals surface area contributed by atoms with Gasteiger partial charge in [0.25, 0.3) is 0 Å². The van der Waals surface area contributed by atoms with Gasteiger partial charge in [0.1, 0.15) is 0 Å². The molecule has 0 N–H and O–H groups in total. The Balaban J connectivity index is 2.18. The number of hydrogen-bond acceptors (Lipinski definition) is 0. The van der Waals surface area contributed by atoms with E-state index in [0.717, 1.165) is 19.3 Å². The van der Waals surface area contributed by atoms with Gasteiger partial charge >= 0.3 is 0 Å². The van der Waals surface area contributed by atoms with Gasteiger partial charge in [-0.2, -0.15) is 0 Å². The average molecular weight is 200 g/mol. The molecule has 2 rings (SSSR count). The van der Waals surface area contributed by atoms with Crippen LogP contribution < -0.4 is 0 Å². The SMILES string of the molecule is CCC1=CCC(C(C)(C)C2=CC=CC2)=C1. The second-order valence-corrected chi connectivity index (χ2v) is 4.96. The molecular weight excluding hydrogens is 180 g/mol. The first kappa shape index (κ1) is 10.5. The minimum Gasteiger partial charge on any atom is -0.0804 e. The van der Waals surface area contributed by atoms with E-state index in [4.69, 9.17) is 0 Å². The first-order chi connectivity index (χ1) is 7.14. The molecule has 0 bridgehead atoms. The molecule has 0 saturated heterocycles. The van der Waals surface area contributed by atoms with Gasteiger partial charge < -0.3 is 0 Å². The third kappa shape index (κ3) is 1.86. The maximum Gasteiger partial charge on any atom is 0.00765 e. The second kappa shape index (κ2) is 3.84. The van der Waals surface area contributed by atoms with Crippen molar-refractivity contribution in [3.8, 4) is 0 Å². The van der Waals surface area contributed by atoms with Gasteiger partial charge in [-0.1, -0.05) is 67.9 Å². The molecule has 2 aliphatic rings. The normalized spacial score (nSPS) is 20.3. The first-order valence-electron chi connectivity index (χ1n) is 5.91. The molecule has 0 heterocycles. The Morgan fingerprint density at radius 1 is 1.20 bits per heavy atom. The quantitative estimate of drug-likeness (QED) is 0.626. The monoisotopic (exact) mass is 200 g/mol. The van der Waals surface area contributed by atoms with Crippen molar-refractivity contribution in [1.29, 1.82) is 0 Å².